The second-order valence-corrected chi connectivity index (χ2v) is 6.07. The van der Waals surface area contributed by atoms with E-state index in [1.54, 1.807) is 0 Å². The van der Waals surface area contributed by atoms with Gasteiger partial charge in [-0.05, 0) is 68.5 Å². The molecule has 7 heteroatoms. The third kappa shape index (κ3) is 4.38. The van der Waals surface area contributed by atoms with Gasteiger partial charge < -0.3 is 10.6 Å². The average molecular weight is 349 g/mol. The molecule has 1 saturated carbocycles. The zero-order valence-electron chi connectivity index (χ0n) is 12.6. The van der Waals surface area contributed by atoms with Crippen LogP contribution in [-0.4, -0.2) is 25.0 Å². The highest BCUT2D eigenvalue weighted by Crippen LogP contribution is 2.38. The summed E-state index contributed by atoms with van der Waals surface area (Å²) in [7, 11) is 0. The Morgan fingerprint density at radius 2 is 1.78 bits per heavy atom. The molecule has 3 nitrogen and oxygen atoms in total. The number of hydrogen-bond donors (Lipinski definition) is 2. The van der Waals surface area contributed by atoms with E-state index in [1.165, 1.54) is 12.1 Å². The topological polar surface area (TPSA) is 41.1 Å². The number of hydrogen-bond acceptors (Lipinski definition) is 2. The molecule has 0 atom stereocenters. The zero-order valence-corrected chi connectivity index (χ0v) is 13.4. The van der Waals surface area contributed by atoms with Crippen molar-refractivity contribution in [3.63, 3.8) is 0 Å². The summed E-state index contributed by atoms with van der Waals surface area (Å²) in [6, 6.07) is 3.97. The number of benzene rings is 1. The lowest BCUT2D eigenvalue weighted by Gasteiger charge is -2.26. The van der Waals surface area contributed by atoms with E-state index in [1.807, 2.05) is 0 Å². The van der Waals surface area contributed by atoms with Crippen molar-refractivity contribution in [2.24, 2.45) is 0 Å². The van der Waals surface area contributed by atoms with Gasteiger partial charge in [-0.25, -0.2) is 0 Å². The van der Waals surface area contributed by atoms with Gasteiger partial charge in [0.25, 0.3) is 5.91 Å². The van der Waals surface area contributed by atoms with Crippen molar-refractivity contribution in [1.29, 1.82) is 0 Å². The van der Waals surface area contributed by atoms with E-state index >= 15 is 0 Å². The van der Waals surface area contributed by atoms with Gasteiger partial charge in [0, 0.05) is 11.6 Å². The fourth-order valence-electron chi connectivity index (χ4n) is 2.93. The second kappa shape index (κ2) is 7.09. The minimum atomic E-state index is -4.38. The molecular weight excluding hydrogens is 329 g/mol. The smallest absolute Gasteiger partial charge is 0.349 e. The first-order chi connectivity index (χ1) is 10.4. The summed E-state index contributed by atoms with van der Waals surface area (Å²) in [5.74, 6) is -0.419. The molecule has 2 N–H and O–H groups in total. The SMILES string of the molecule is Cl.O=C(NC1CC1)c1ccc(C(F)(F)F)c(C2CCNCC2)c1. The van der Waals surface area contributed by atoms with Crippen LogP contribution in [-0.2, 0) is 6.18 Å². The number of rotatable bonds is 3. The minimum Gasteiger partial charge on any atom is -0.349 e. The van der Waals surface area contributed by atoms with Gasteiger partial charge in [0.1, 0.15) is 0 Å². The predicted molar refractivity (Wildman–Crippen MR) is 84.0 cm³/mol. The van der Waals surface area contributed by atoms with Gasteiger partial charge in [0.05, 0.1) is 5.56 Å². The quantitative estimate of drug-likeness (QED) is 0.878. The summed E-state index contributed by atoms with van der Waals surface area (Å²) in [4.78, 5) is 12.1. The summed E-state index contributed by atoms with van der Waals surface area (Å²) in [5, 5.41) is 5.98. The lowest BCUT2D eigenvalue weighted by Crippen LogP contribution is -2.29. The minimum absolute atomic E-state index is 0. The van der Waals surface area contributed by atoms with Crippen LogP contribution in [0, 0.1) is 0 Å². The Hall–Kier alpha value is -1.27. The van der Waals surface area contributed by atoms with E-state index < -0.39 is 11.7 Å². The number of piperidine rings is 1. The van der Waals surface area contributed by atoms with Crippen LogP contribution in [0.1, 0.15) is 53.1 Å². The molecule has 3 rings (SSSR count). The molecule has 1 saturated heterocycles. The summed E-state index contributed by atoms with van der Waals surface area (Å²) in [5.41, 5.74) is -0.0201. The Labute approximate surface area is 139 Å². The molecule has 1 amide bonds. The van der Waals surface area contributed by atoms with Crippen molar-refractivity contribution in [1.82, 2.24) is 10.6 Å². The van der Waals surface area contributed by atoms with E-state index in [2.05, 4.69) is 10.6 Å². The molecule has 2 aliphatic rings. The van der Waals surface area contributed by atoms with Crippen LogP contribution in [0.15, 0.2) is 18.2 Å². The van der Waals surface area contributed by atoms with Crippen LogP contribution in [0.3, 0.4) is 0 Å². The van der Waals surface area contributed by atoms with E-state index in [0.717, 1.165) is 18.9 Å². The summed E-state index contributed by atoms with van der Waals surface area (Å²) >= 11 is 0. The molecule has 1 aromatic rings. The van der Waals surface area contributed by atoms with Gasteiger partial charge in [-0.15, -0.1) is 12.4 Å². The van der Waals surface area contributed by atoms with Crippen LogP contribution in [0.5, 0.6) is 0 Å². The monoisotopic (exact) mass is 348 g/mol. The van der Waals surface area contributed by atoms with E-state index in [9.17, 15) is 18.0 Å². The van der Waals surface area contributed by atoms with Gasteiger partial charge in [0.2, 0.25) is 0 Å². The first-order valence-corrected chi connectivity index (χ1v) is 7.68. The molecule has 0 radical (unpaired) electrons. The molecular formula is C16H20ClF3N2O. The third-order valence-corrected chi connectivity index (χ3v) is 4.31. The third-order valence-electron chi connectivity index (χ3n) is 4.31. The van der Waals surface area contributed by atoms with E-state index in [0.29, 0.717) is 31.5 Å². The summed E-state index contributed by atoms with van der Waals surface area (Å²) < 4.78 is 39.7. The van der Waals surface area contributed by atoms with Crippen LogP contribution < -0.4 is 10.6 Å². The largest absolute Gasteiger partial charge is 0.416 e. The Morgan fingerprint density at radius 1 is 1.13 bits per heavy atom. The maximum atomic E-state index is 13.2. The summed E-state index contributed by atoms with van der Waals surface area (Å²) in [6.07, 6.45) is -1.15. The molecule has 128 valence electrons. The molecule has 1 aliphatic carbocycles. The van der Waals surface area contributed by atoms with Gasteiger partial charge >= 0.3 is 6.18 Å². The number of alkyl halides is 3. The molecule has 1 aromatic carbocycles. The molecule has 2 fully saturated rings. The fourth-order valence-corrected chi connectivity index (χ4v) is 2.93. The first kappa shape index (κ1) is 18.1. The Kier molecular flexibility index (Phi) is 5.57. The Balaban J connectivity index is 0.00000192. The van der Waals surface area contributed by atoms with Crippen molar-refractivity contribution in [2.75, 3.05) is 13.1 Å². The number of carbonyl (C=O) groups is 1. The standard InChI is InChI=1S/C16H19F3N2O.ClH/c17-16(18,19)14-4-1-11(15(22)21-12-2-3-12)9-13(14)10-5-7-20-8-6-10;/h1,4,9-10,12,20H,2-3,5-8H2,(H,21,22);1H. The Bertz CT molecular complexity index is 567. The predicted octanol–water partition coefficient (Wildman–Crippen LogP) is 3.49. The van der Waals surface area contributed by atoms with Crippen molar-refractivity contribution >= 4 is 18.3 Å². The highest BCUT2D eigenvalue weighted by atomic mass is 35.5. The van der Waals surface area contributed by atoms with Crippen molar-refractivity contribution in [3.8, 4) is 0 Å². The van der Waals surface area contributed by atoms with Gasteiger partial charge in [-0.3, -0.25) is 4.79 Å². The molecule has 23 heavy (non-hydrogen) atoms. The van der Waals surface area contributed by atoms with E-state index in [4.69, 9.17) is 0 Å². The first-order valence-electron chi connectivity index (χ1n) is 7.68. The molecule has 1 aliphatic heterocycles. The average Bonchev–Trinajstić information content (AvgIpc) is 3.30. The maximum Gasteiger partial charge on any atom is 0.416 e. The lowest BCUT2D eigenvalue weighted by atomic mass is 9.85. The number of nitrogens with one attached hydrogen (secondary N) is 2. The summed E-state index contributed by atoms with van der Waals surface area (Å²) in [6.45, 7) is 1.42. The lowest BCUT2D eigenvalue weighted by molar-refractivity contribution is -0.138. The normalized spacial score (nSPS) is 19.1. The maximum absolute atomic E-state index is 13.2. The molecule has 0 spiro atoms. The molecule has 0 bridgehead atoms. The van der Waals surface area contributed by atoms with Crippen LogP contribution in [0.2, 0.25) is 0 Å². The number of amides is 1. The highest BCUT2D eigenvalue weighted by molar-refractivity contribution is 5.94. The van der Waals surface area contributed by atoms with Crippen LogP contribution >= 0.6 is 12.4 Å². The molecule has 0 aromatic heterocycles. The fraction of sp³-hybridized carbons (Fsp3) is 0.562. The Morgan fingerprint density at radius 3 is 2.35 bits per heavy atom. The van der Waals surface area contributed by atoms with Crippen LogP contribution in [0.25, 0.3) is 0 Å². The molecule has 0 unspecified atom stereocenters. The second-order valence-electron chi connectivity index (χ2n) is 6.07. The zero-order chi connectivity index (χ0) is 15.7. The van der Waals surface area contributed by atoms with Crippen molar-refractivity contribution < 1.29 is 18.0 Å². The number of halogens is 4. The van der Waals surface area contributed by atoms with Crippen molar-refractivity contribution in [2.45, 2.75) is 43.8 Å². The van der Waals surface area contributed by atoms with Gasteiger partial charge in [0.15, 0.2) is 0 Å². The number of carbonyl (C=O) groups excluding carboxylic acids is 1. The van der Waals surface area contributed by atoms with E-state index in [-0.39, 0.29) is 35.8 Å². The van der Waals surface area contributed by atoms with Crippen molar-refractivity contribution in [3.05, 3.63) is 34.9 Å². The van der Waals surface area contributed by atoms with Gasteiger partial charge in [-0.2, -0.15) is 13.2 Å². The highest BCUT2D eigenvalue weighted by Gasteiger charge is 2.36. The van der Waals surface area contributed by atoms with Crippen LogP contribution in [0.4, 0.5) is 13.2 Å². The van der Waals surface area contributed by atoms with Gasteiger partial charge in [-0.1, -0.05) is 0 Å². The molecule has 1 heterocycles.